The fourth-order valence-corrected chi connectivity index (χ4v) is 4.19. The second kappa shape index (κ2) is 7.17. The number of carbonyl (C=O) groups excluding carboxylic acids is 1. The molecule has 0 atom stereocenters. The summed E-state index contributed by atoms with van der Waals surface area (Å²) in [5.74, 6) is 2.49. The molecule has 0 N–H and O–H groups in total. The van der Waals surface area contributed by atoms with Gasteiger partial charge in [-0.3, -0.25) is 9.78 Å². The van der Waals surface area contributed by atoms with E-state index in [1.54, 1.807) is 7.11 Å². The predicted molar refractivity (Wildman–Crippen MR) is 113 cm³/mol. The lowest BCUT2D eigenvalue weighted by Gasteiger charge is -2.15. The molecule has 0 radical (unpaired) electrons. The fraction of sp³-hybridized carbons (Fsp3) is 0.280. The number of hydrogen-bond donors (Lipinski definition) is 0. The molecule has 30 heavy (non-hydrogen) atoms. The first kappa shape index (κ1) is 18.7. The molecule has 5 rings (SSSR count). The molecule has 1 aliphatic heterocycles. The van der Waals surface area contributed by atoms with E-state index in [2.05, 4.69) is 0 Å². The number of aromatic nitrogens is 1. The molecule has 1 saturated carbocycles. The minimum absolute atomic E-state index is 0.211. The number of pyridine rings is 1. The average molecular weight is 401 g/mol. The van der Waals surface area contributed by atoms with Crippen molar-refractivity contribution in [2.24, 2.45) is 0 Å². The standard InChI is InChI=1S/C25H23NO4/c1-16-21(17-4-3-5-20(12-17)28-2)8-7-19(26-16)14-24(27)25(10-11-25)18-6-9-22-23(13-18)30-15-29-22/h3-9,12-13H,10-11,14-15H2,1-2H3. The monoisotopic (exact) mass is 401 g/mol. The molecule has 1 fully saturated rings. The number of hydrogen-bond acceptors (Lipinski definition) is 5. The van der Waals surface area contributed by atoms with Crippen molar-refractivity contribution >= 4 is 5.78 Å². The molecule has 1 aliphatic carbocycles. The van der Waals surface area contributed by atoms with Gasteiger partial charge < -0.3 is 14.2 Å². The summed E-state index contributed by atoms with van der Waals surface area (Å²) in [6, 6.07) is 17.8. The number of methoxy groups -OCH3 is 1. The third kappa shape index (κ3) is 3.20. The van der Waals surface area contributed by atoms with Crippen molar-refractivity contribution < 1.29 is 19.0 Å². The molecule has 5 nitrogen and oxygen atoms in total. The van der Waals surface area contributed by atoms with Crippen LogP contribution in [0.1, 0.15) is 29.8 Å². The van der Waals surface area contributed by atoms with Crippen molar-refractivity contribution in [1.82, 2.24) is 4.98 Å². The molecule has 0 bridgehead atoms. The number of benzene rings is 2. The second-order valence-corrected chi connectivity index (χ2v) is 7.92. The first-order chi connectivity index (χ1) is 14.6. The zero-order chi connectivity index (χ0) is 20.7. The maximum absolute atomic E-state index is 13.2. The molecule has 2 heterocycles. The van der Waals surface area contributed by atoms with Crippen LogP contribution in [0.25, 0.3) is 11.1 Å². The molecule has 0 amide bonds. The first-order valence-electron chi connectivity index (χ1n) is 10.1. The van der Waals surface area contributed by atoms with Crippen molar-refractivity contribution in [3.63, 3.8) is 0 Å². The molecule has 5 heteroatoms. The Bertz CT molecular complexity index is 1130. The fourth-order valence-electron chi connectivity index (χ4n) is 4.19. The van der Waals surface area contributed by atoms with Gasteiger partial charge in [0.2, 0.25) is 6.79 Å². The van der Waals surface area contributed by atoms with Crippen LogP contribution in [0.2, 0.25) is 0 Å². The number of ketones is 1. The summed E-state index contributed by atoms with van der Waals surface area (Å²) >= 11 is 0. The van der Waals surface area contributed by atoms with Gasteiger partial charge in [-0.25, -0.2) is 0 Å². The Labute approximate surface area is 175 Å². The highest BCUT2D eigenvalue weighted by Crippen LogP contribution is 2.51. The number of fused-ring (bicyclic) bond motifs is 1. The summed E-state index contributed by atoms with van der Waals surface area (Å²) in [4.78, 5) is 17.9. The van der Waals surface area contributed by atoms with Gasteiger partial charge in [-0.15, -0.1) is 0 Å². The normalized spacial score (nSPS) is 15.7. The number of ether oxygens (including phenoxy) is 3. The molecular weight excluding hydrogens is 378 g/mol. The molecule has 2 aromatic carbocycles. The highest BCUT2D eigenvalue weighted by Gasteiger charge is 2.50. The minimum Gasteiger partial charge on any atom is -0.497 e. The van der Waals surface area contributed by atoms with E-state index in [0.717, 1.165) is 58.2 Å². The molecule has 2 aliphatic rings. The lowest BCUT2D eigenvalue weighted by molar-refractivity contribution is -0.120. The first-order valence-corrected chi connectivity index (χ1v) is 10.1. The van der Waals surface area contributed by atoms with Crippen LogP contribution in [-0.4, -0.2) is 24.7 Å². The zero-order valence-corrected chi connectivity index (χ0v) is 17.1. The minimum atomic E-state index is -0.415. The van der Waals surface area contributed by atoms with Gasteiger partial charge in [0.05, 0.1) is 12.5 Å². The number of aryl methyl sites for hydroxylation is 1. The Kier molecular flexibility index (Phi) is 4.46. The maximum Gasteiger partial charge on any atom is 0.231 e. The number of nitrogens with zero attached hydrogens (tertiary/aromatic N) is 1. The molecule has 1 aromatic heterocycles. The molecule has 3 aromatic rings. The number of carbonyl (C=O) groups is 1. The van der Waals surface area contributed by atoms with Crippen LogP contribution in [0.3, 0.4) is 0 Å². The summed E-state index contributed by atoms with van der Waals surface area (Å²) in [5.41, 5.74) is 4.40. The Hall–Kier alpha value is -3.34. The van der Waals surface area contributed by atoms with Gasteiger partial charge in [-0.05, 0) is 61.2 Å². The van der Waals surface area contributed by atoms with Crippen LogP contribution in [0.4, 0.5) is 0 Å². The van der Waals surface area contributed by atoms with Crippen LogP contribution >= 0.6 is 0 Å². The third-order valence-electron chi connectivity index (χ3n) is 6.07. The maximum atomic E-state index is 13.2. The summed E-state index contributed by atoms with van der Waals surface area (Å²) in [5, 5.41) is 0. The molecule has 0 saturated heterocycles. The van der Waals surface area contributed by atoms with E-state index in [1.807, 2.05) is 61.5 Å². The molecular formula is C25H23NO4. The van der Waals surface area contributed by atoms with Crippen molar-refractivity contribution in [2.45, 2.75) is 31.6 Å². The van der Waals surface area contributed by atoms with Gasteiger partial charge in [0.1, 0.15) is 11.5 Å². The Morgan fingerprint density at radius 3 is 2.67 bits per heavy atom. The number of rotatable bonds is 6. The predicted octanol–water partition coefficient (Wildman–Crippen LogP) is 4.64. The third-order valence-corrected chi connectivity index (χ3v) is 6.07. The Morgan fingerprint density at radius 2 is 1.90 bits per heavy atom. The van der Waals surface area contributed by atoms with E-state index in [0.29, 0.717) is 6.42 Å². The van der Waals surface area contributed by atoms with Crippen LogP contribution < -0.4 is 14.2 Å². The van der Waals surface area contributed by atoms with Crippen molar-refractivity contribution in [1.29, 1.82) is 0 Å². The SMILES string of the molecule is COc1cccc(-c2ccc(CC(=O)C3(c4ccc5c(c4)OCO5)CC3)nc2C)c1. The van der Waals surface area contributed by atoms with Crippen LogP contribution in [-0.2, 0) is 16.6 Å². The van der Waals surface area contributed by atoms with E-state index in [9.17, 15) is 4.79 Å². The Balaban J connectivity index is 1.37. The van der Waals surface area contributed by atoms with Crippen LogP contribution in [0.5, 0.6) is 17.2 Å². The summed E-state index contributed by atoms with van der Waals surface area (Å²) < 4.78 is 16.2. The van der Waals surface area contributed by atoms with Crippen molar-refractivity contribution in [3.05, 3.63) is 71.5 Å². The van der Waals surface area contributed by atoms with E-state index in [1.165, 1.54) is 0 Å². The highest BCUT2D eigenvalue weighted by molar-refractivity contribution is 5.94. The number of Topliss-reactive ketones (excluding diaryl/α,β-unsaturated/α-hetero) is 1. The van der Waals surface area contributed by atoms with E-state index >= 15 is 0 Å². The van der Waals surface area contributed by atoms with Crippen LogP contribution in [0, 0.1) is 6.92 Å². The molecule has 0 spiro atoms. The zero-order valence-electron chi connectivity index (χ0n) is 17.1. The second-order valence-electron chi connectivity index (χ2n) is 7.92. The highest BCUT2D eigenvalue weighted by atomic mass is 16.7. The van der Waals surface area contributed by atoms with Crippen LogP contribution in [0.15, 0.2) is 54.6 Å². The smallest absolute Gasteiger partial charge is 0.231 e. The average Bonchev–Trinajstić information content (AvgIpc) is 3.45. The summed E-state index contributed by atoms with van der Waals surface area (Å²) in [7, 11) is 1.66. The van der Waals surface area contributed by atoms with Gasteiger partial charge in [0.25, 0.3) is 0 Å². The van der Waals surface area contributed by atoms with E-state index < -0.39 is 5.41 Å². The van der Waals surface area contributed by atoms with Gasteiger partial charge in [-0.1, -0.05) is 24.3 Å². The van der Waals surface area contributed by atoms with E-state index in [-0.39, 0.29) is 12.6 Å². The van der Waals surface area contributed by atoms with Gasteiger partial charge >= 0.3 is 0 Å². The largest absolute Gasteiger partial charge is 0.497 e. The van der Waals surface area contributed by atoms with Gasteiger partial charge in [0, 0.05) is 23.4 Å². The van der Waals surface area contributed by atoms with E-state index in [4.69, 9.17) is 19.2 Å². The summed E-state index contributed by atoms with van der Waals surface area (Å²) in [6.07, 6.45) is 2.06. The van der Waals surface area contributed by atoms with Gasteiger partial charge in [-0.2, -0.15) is 0 Å². The Morgan fingerprint density at radius 1 is 1.07 bits per heavy atom. The topological polar surface area (TPSA) is 57.7 Å². The quantitative estimate of drug-likeness (QED) is 0.602. The van der Waals surface area contributed by atoms with Crippen molar-refractivity contribution in [2.75, 3.05) is 13.9 Å². The molecule has 0 unspecified atom stereocenters. The van der Waals surface area contributed by atoms with Gasteiger partial charge in [0.15, 0.2) is 11.5 Å². The summed E-state index contributed by atoms with van der Waals surface area (Å²) in [6.45, 7) is 2.22. The lowest BCUT2D eigenvalue weighted by atomic mass is 9.88. The van der Waals surface area contributed by atoms with Crippen molar-refractivity contribution in [3.8, 4) is 28.4 Å². The lowest BCUT2D eigenvalue weighted by Crippen LogP contribution is -2.23. The molecule has 152 valence electrons.